The second-order valence-corrected chi connectivity index (χ2v) is 9.43. The molecule has 0 unspecified atom stereocenters. The van der Waals surface area contributed by atoms with E-state index in [9.17, 15) is 18.0 Å². The van der Waals surface area contributed by atoms with E-state index in [1.807, 2.05) is 27.0 Å². The summed E-state index contributed by atoms with van der Waals surface area (Å²) in [6.45, 7) is 6.83. The third-order valence-corrected chi connectivity index (χ3v) is 6.17. The molecule has 0 atom stereocenters. The summed E-state index contributed by atoms with van der Waals surface area (Å²) in [5.74, 6) is -0.864. The molecule has 2 aromatic heterocycles. The molecule has 1 amide bonds. The van der Waals surface area contributed by atoms with Gasteiger partial charge in [0.2, 0.25) is 0 Å². The molecule has 0 fully saturated rings. The average molecular weight is 495 g/mol. The van der Waals surface area contributed by atoms with Crippen molar-refractivity contribution in [3.8, 4) is 5.75 Å². The number of hydrogen-bond acceptors (Lipinski definition) is 6. The fourth-order valence-corrected chi connectivity index (χ4v) is 3.94. The zero-order valence-corrected chi connectivity index (χ0v) is 20.0. The summed E-state index contributed by atoms with van der Waals surface area (Å²) in [5, 5.41) is 0. The molecule has 0 bridgehead atoms. The summed E-state index contributed by atoms with van der Waals surface area (Å²) >= 11 is 1.30. The molecule has 3 rings (SSSR count). The van der Waals surface area contributed by atoms with Gasteiger partial charge in [0.25, 0.3) is 5.91 Å². The first kappa shape index (κ1) is 25.6. The minimum atomic E-state index is -4.63. The zero-order valence-electron chi connectivity index (χ0n) is 19.2. The molecule has 0 aliphatic carbocycles. The van der Waals surface area contributed by atoms with Crippen molar-refractivity contribution in [2.45, 2.75) is 45.5 Å². The minimum absolute atomic E-state index is 0.0246. The van der Waals surface area contributed by atoms with Gasteiger partial charge in [0.05, 0.1) is 29.6 Å². The van der Waals surface area contributed by atoms with Gasteiger partial charge in [-0.1, -0.05) is 20.8 Å². The standard InChI is InChI=1S/C23H25F3N4O3S/c1-22(2,3)19-13-30(9-10-32-4)21(34-19)29-20(31)17-11-15(23(24,25)26)5-6-18(17)33-14-16-12-27-7-8-28-16/h5-8,11-13H,9-10,14H2,1-4H3. The number of halogens is 3. The van der Waals surface area contributed by atoms with E-state index in [2.05, 4.69) is 15.0 Å². The number of nitrogens with zero attached hydrogens (tertiary/aromatic N) is 4. The molecular weight excluding hydrogens is 469 g/mol. The van der Waals surface area contributed by atoms with E-state index in [0.717, 1.165) is 23.1 Å². The van der Waals surface area contributed by atoms with Crippen LogP contribution >= 0.6 is 11.3 Å². The van der Waals surface area contributed by atoms with Crippen molar-refractivity contribution in [3.05, 3.63) is 69.5 Å². The number of carbonyl (C=O) groups is 1. The van der Waals surface area contributed by atoms with Gasteiger partial charge in [-0.25, -0.2) is 0 Å². The Labute approximate surface area is 198 Å². The van der Waals surface area contributed by atoms with Gasteiger partial charge in [0, 0.05) is 37.1 Å². The second-order valence-electron chi connectivity index (χ2n) is 8.43. The van der Waals surface area contributed by atoms with Gasteiger partial charge in [0.15, 0.2) is 4.80 Å². The molecule has 0 radical (unpaired) electrons. The molecule has 0 aliphatic heterocycles. The van der Waals surface area contributed by atoms with Crippen molar-refractivity contribution in [1.82, 2.24) is 14.5 Å². The Kier molecular flexibility index (Phi) is 7.88. The molecule has 0 saturated carbocycles. The molecule has 7 nitrogen and oxygen atoms in total. The molecular formula is C23H25F3N4O3S. The smallest absolute Gasteiger partial charge is 0.416 e. The topological polar surface area (TPSA) is 78.6 Å². The summed E-state index contributed by atoms with van der Waals surface area (Å²) in [5.41, 5.74) is -0.991. The fourth-order valence-electron chi connectivity index (χ4n) is 2.87. The van der Waals surface area contributed by atoms with Crippen LogP contribution in [0.3, 0.4) is 0 Å². The Hall–Kier alpha value is -3.05. The summed E-state index contributed by atoms with van der Waals surface area (Å²) in [6, 6.07) is 2.75. The highest BCUT2D eigenvalue weighted by molar-refractivity contribution is 7.09. The summed E-state index contributed by atoms with van der Waals surface area (Å²) in [7, 11) is 1.56. The molecule has 182 valence electrons. The van der Waals surface area contributed by atoms with Gasteiger partial charge in [-0.15, -0.1) is 11.3 Å². The number of amides is 1. The Morgan fingerprint density at radius 2 is 1.97 bits per heavy atom. The molecule has 3 aromatic rings. The van der Waals surface area contributed by atoms with Crippen molar-refractivity contribution in [2.24, 2.45) is 4.99 Å². The van der Waals surface area contributed by atoms with Gasteiger partial charge in [-0.3, -0.25) is 14.8 Å². The third kappa shape index (κ3) is 6.51. The van der Waals surface area contributed by atoms with E-state index >= 15 is 0 Å². The number of rotatable bonds is 7. The van der Waals surface area contributed by atoms with Crippen molar-refractivity contribution >= 4 is 17.2 Å². The minimum Gasteiger partial charge on any atom is -0.486 e. The Morgan fingerprint density at radius 1 is 1.21 bits per heavy atom. The van der Waals surface area contributed by atoms with Crippen LogP contribution in [0, 0.1) is 0 Å². The van der Waals surface area contributed by atoms with Crippen molar-refractivity contribution in [2.75, 3.05) is 13.7 Å². The fraction of sp³-hybridized carbons (Fsp3) is 0.391. The summed E-state index contributed by atoms with van der Waals surface area (Å²) < 4.78 is 52.6. The maximum absolute atomic E-state index is 13.4. The first-order chi connectivity index (χ1) is 16.0. The van der Waals surface area contributed by atoms with Gasteiger partial charge >= 0.3 is 6.18 Å². The van der Waals surface area contributed by atoms with Crippen LogP contribution in [0.5, 0.6) is 5.75 Å². The highest BCUT2D eigenvalue weighted by atomic mass is 32.1. The second kappa shape index (κ2) is 10.5. The average Bonchev–Trinajstić information content (AvgIpc) is 3.19. The Bertz CT molecular complexity index is 1200. The Balaban J connectivity index is 2.03. The highest BCUT2D eigenvalue weighted by Crippen LogP contribution is 2.33. The molecule has 34 heavy (non-hydrogen) atoms. The number of thiazole rings is 1. The monoisotopic (exact) mass is 494 g/mol. The van der Waals surface area contributed by atoms with E-state index in [0.29, 0.717) is 23.6 Å². The zero-order chi connectivity index (χ0) is 24.9. The van der Waals surface area contributed by atoms with Crippen LogP contribution in [0.1, 0.15) is 47.3 Å². The van der Waals surface area contributed by atoms with Crippen molar-refractivity contribution in [3.63, 3.8) is 0 Å². The molecule has 1 aromatic carbocycles. The van der Waals surface area contributed by atoms with E-state index in [4.69, 9.17) is 9.47 Å². The van der Waals surface area contributed by atoms with Crippen LogP contribution in [0.25, 0.3) is 0 Å². The SMILES string of the molecule is COCCn1cc(C(C)(C)C)sc1=NC(=O)c1cc(C(F)(F)F)ccc1OCc1cnccn1. The molecule has 0 N–H and O–H groups in total. The summed E-state index contributed by atoms with van der Waals surface area (Å²) in [6.07, 6.45) is 1.68. The van der Waals surface area contributed by atoms with Crippen molar-refractivity contribution in [1.29, 1.82) is 0 Å². The lowest BCUT2D eigenvalue weighted by Crippen LogP contribution is -2.19. The van der Waals surface area contributed by atoms with Gasteiger partial charge in [-0.05, 0) is 23.6 Å². The first-order valence-corrected chi connectivity index (χ1v) is 11.2. The maximum Gasteiger partial charge on any atom is 0.416 e. The Morgan fingerprint density at radius 3 is 2.59 bits per heavy atom. The molecule has 0 saturated heterocycles. The number of ether oxygens (including phenoxy) is 2. The number of methoxy groups -OCH3 is 1. The van der Waals surface area contributed by atoms with E-state index < -0.39 is 17.6 Å². The van der Waals surface area contributed by atoms with Crippen LogP contribution < -0.4 is 9.54 Å². The quantitative estimate of drug-likeness (QED) is 0.479. The highest BCUT2D eigenvalue weighted by Gasteiger charge is 2.32. The van der Waals surface area contributed by atoms with Crippen LogP contribution in [0.2, 0.25) is 0 Å². The lowest BCUT2D eigenvalue weighted by molar-refractivity contribution is -0.137. The number of aromatic nitrogens is 3. The van der Waals surface area contributed by atoms with Gasteiger partial charge in [0.1, 0.15) is 12.4 Å². The maximum atomic E-state index is 13.4. The van der Waals surface area contributed by atoms with Gasteiger partial charge in [-0.2, -0.15) is 18.2 Å². The van der Waals surface area contributed by atoms with Crippen molar-refractivity contribution < 1.29 is 27.4 Å². The largest absolute Gasteiger partial charge is 0.486 e. The normalized spacial score (nSPS) is 12.7. The third-order valence-electron chi connectivity index (χ3n) is 4.72. The molecule has 2 heterocycles. The van der Waals surface area contributed by atoms with E-state index in [-0.39, 0.29) is 23.3 Å². The number of alkyl halides is 3. The van der Waals surface area contributed by atoms with E-state index in [1.54, 1.807) is 11.7 Å². The number of carbonyl (C=O) groups excluding carboxylic acids is 1. The number of hydrogen-bond donors (Lipinski definition) is 0. The predicted octanol–water partition coefficient (Wildman–Crippen LogP) is 4.62. The molecule has 0 spiro atoms. The van der Waals surface area contributed by atoms with Crippen LogP contribution in [0.4, 0.5) is 13.2 Å². The van der Waals surface area contributed by atoms with Crippen LogP contribution in [-0.4, -0.2) is 34.2 Å². The molecule has 0 aliphatic rings. The summed E-state index contributed by atoms with van der Waals surface area (Å²) in [4.78, 5) is 26.6. The lowest BCUT2D eigenvalue weighted by Gasteiger charge is -2.14. The number of benzene rings is 1. The van der Waals surface area contributed by atoms with Gasteiger partial charge < -0.3 is 14.0 Å². The van der Waals surface area contributed by atoms with E-state index in [1.165, 1.54) is 29.9 Å². The lowest BCUT2D eigenvalue weighted by atomic mass is 9.95. The van der Waals surface area contributed by atoms with Crippen LogP contribution in [-0.2, 0) is 29.5 Å². The predicted molar refractivity (Wildman–Crippen MR) is 121 cm³/mol. The first-order valence-electron chi connectivity index (χ1n) is 10.4. The molecule has 11 heteroatoms. The van der Waals surface area contributed by atoms with Crippen LogP contribution in [0.15, 0.2) is 48.0 Å².